The van der Waals surface area contributed by atoms with Gasteiger partial charge in [0.15, 0.2) is 0 Å². The molecule has 3 aromatic rings. The van der Waals surface area contributed by atoms with Crippen LogP contribution < -0.4 is 15.5 Å². The summed E-state index contributed by atoms with van der Waals surface area (Å²) >= 11 is 0. The summed E-state index contributed by atoms with van der Waals surface area (Å²) in [5.41, 5.74) is 1.77. The molecule has 164 valence electrons. The molecule has 3 heterocycles. The third-order valence-corrected chi connectivity index (χ3v) is 5.81. The van der Waals surface area contributed by atoms with Crippen molar-refractivity contribution in [2.75, 3.05) is 0 Å². The van der Waals surface area contributed by atoms with Gasteiger partial charge in [-0.25, -0.2) is 9.97 Å². The van der Waals surface area contributed by atoms with E-state index < -0.39 is 0 Å². The maximum Gasteiger partial charge on any atom is 0.256 e. The van der Waals surface area contributed by atoms with Crippen molar-refractivity contribution in [2.45, 2.75) is 58.2 Å². The molecule has 0 saturated heterocycles. The van der Waals surface area contributed by atoms with Gasteiger partial charge in [0, 0.05) is 36.7 Å². The SMILES string of the molecule is CCn1cc(C(=O)NC2CCC(Oc3ccc(C#N)cn3)CC2)c(=O)c2ccc(C)nc21. The third-order valence-electron chi connectivity index (χ3n) is 5.81. The van der Waals surface area contributed by atoms with Gasteiger partial charge in [0.25, 0.3) is 5.91 Å². The minimum absolute atomic E-state index is 0.0101. The number of rotatable bonds is 5. The summed E-state index contributed by atoms with van der Waals surface area (Å²) in [6.45, 7) is 4.45. The molecule has 1 aliphatic rings. The Hall–Kier alpha value is -3.73. The number of hydrogen-bond acceptors (Lipinski definition) is 6. The number of ether oxygens (including phenoxy) is 1. The maximum atomic E-state index is 12.9. The molecular weight excluding hydrogens is 406 g/mol. The van der Waals surface area contributed by atoms with Crippen LogP contribution in [0.25, 0.3) is 11.0 Å². The molecule has 0 bridgehead atoms. The van der Waals surface area contributed by atoms with Crippen LogP contribution in [0.5, 0.6) is 5.88 Å². The lowest BCUT2D eigenvalue weighted by Crippen LogP contribution is -2.41. The van der Waals surface area contributed by atoms with Gasteiger partial charge >= 0.3 is 0 Å². The quantitative estimate of drug-likeness (QED) is 0.665. The molecular formula is C24H25N5O3. The molecule has 4 rings (SSSR count). The molecule has 8 heteroatoms. The van der Waals surface area contributed by atoms with E-state index in [-0.39, 0.29) is 29.0 Å². The molecule has 3 aromatic heterocycles. The summed E-state index contributed by atoms with van der Waals surface area (Å²) in [6.07, 6.45) is 6.16. The van der Waals surface area contributed by atoms with Crippen molar-refractivity contribution in [2.24, 2.45) is 0 Å². The predicted octanol–water partition coefficient (Wildman–Crippen LogP) is 3.11. The Labute approximate surface area is 185 Å². The van der Waals surface area contributed by atoms with Crippen LogP contribution in [0.2, 0.25) is 0 Å². The standard InChI is InChI=1S/C24H25N5O3/c1-3-29-14-20(22(30)19-10-4-15(2)27-23(19)29)24(31)28-17-6-8-18(9-7-17)32-21-11-5-16(12-25)13-26-21/h4-5,10-11,13-14,17-18H,3,6-9H2,1-2H3,(H,28,31). The molecule has 1 amide bonds. The second kappa shape index (κ2) is 9.18. The normalized spacial score (nSPS) is 18.2. The summed E-state index contributed by atoms with van der Waals surface area (Å²) in [5.74, 6) is 0.148. The molecule has 1 N–H and O–H groups in total. The van der Waals surface area contributed by atoms with E-state index in [1.54, 1.807) is 30.5 Å². The highest BCUT2D eigenvalue weighted by molar-refractivity contribution is 5.97. The lowest BCUT2D eigenvalue weighted by atomic mass is 9.92. The van der Waals surface area contributed by atoms with Crippen molar-refractivity contribution < 1.29 is 9.53 Å². The van der Waals surface area contributed by atoms with Crippen LogP contribution >= 0.6 is 0 Å². The first-order chi connectivity index (χ1) is 15.5. The van der Waals surface area contributed by atoms with E-state index in [0.29, 0.717) is 29.0 Å². The van der Waals surface area contributed by atoms with Crippen molar-refractivity contribution in [3.05, 3.63) is 63.7 Å². The molecule has 1 fully saturated rings. The Kier molecular flexibility index (Phi) is 6.17. The zero-order chi connectivity index (χ0) is 22.7. The number of fused-ring (bicyclic) bond motifs is 1. The monoisotopic (exact) mass is 431 g/mol. The van der Waals surface area contributed by atoms with Crippen molar-refractivity contribution in [3.63, 3.8) is 0 Å². The zero-order valence-corrected chi connectivity index (χ0v) is 18.2. The molecule has 1 aliphatic carbocycles. The van der Waals surface area contributed by atoms with Gasteiger partial charge in [0.2, 0.25) is 11.3 Å². The van der Waals surface area contributed by atoms with Crippen LogP contribution in [0, 0.1) is 18.3 Å². The van der Waals surface area contributed by atoms with E-state index in [9.17, 15) is 9.59 Å². The summed E-state index contributed by atoms with van der Waals surface area (Å²) < 4.78 is 7.75. The Bertz CT molecular complexity index is 1240. The van der Waals surface area contributed by atoms with Crippen molar-refractivity contribution in [3.8, 4) is 11.9 Å². The van der Waals surface area contributed by atoms with Crippen LogP contribution in [0.3, 0.4) is 0 Å². The fourth-order valence-electron chi connectivity index (χ4n) is 4.04. The first-order valence-electron chi connectivity index (χ1n) is 10.8. The number of nitrogens with one attached hydrogen (secondary N) is 1. The van der Waals surface area contributed by atoms with Crippen LogP contribution in [-0.2, 0) is 6.54 Å². The van der Waals surface area contributed by atoms with Crippen LogP contribution in [0.1, 0.15) is 54.2 Å². The molecule has 0 radical (unpaired) electrons. The van der Waals surface area contributed by atoms with Crippen LogP contribution in [0.4, 0.5) is 0 Å². The van der Waals surface area contributed by atoms with Gasteiger partial charge in [0.1, 0.15) is 23.4 Å². The molecule has 0 spiro atoms. The van der Waals surface area contributed by atoms with Crippen molar-refractivity contribution >= 4 is 16.9 Å². The summed E-state index contributed by atoms with van der Waals surface area (Å²) in [5, 5.41) is 12.3. The van der Waals surface area contributed by atoms with Crippen molar-refractivity contribution in [1.29, 1.82) is 5.26 Å². The highest BCUT2D eigenvalue weighted by Crippen LogP contribution is 2.23. The smallest absolute Gasteiger partial charge is 0.256 e. The first kappa shape index (κ1) is 21.5. The second-order valence-electron chi connectivity index (χ2n) is 8.04. The molecule has 0 aliphatic heterocycles. The van der Waals surface area contributed by atoms with Gasteiger partial charge in [-0.05, 0) is 57.7 Å². The number of carbonyl (C=O) groups excluding carboxylic acids is 1. The molecule has 8 nitrogen and oxygen atoms in total. The highest BCUT2D eigenvalue weighted by Gasteiger charge is 2.25. The Morgan fingerprint density at radius 1 is 1.25 bits per heavy atom. The number of pyridine rings is 3. The second-order valence-corrected chi connectivity index (χ2v) is 8.04. The minimum Gasteiger partial charge on any atom is -0.474 e. The van der Waals surface area contributed by atoms with Gasteiger partial charge in [0.05, 0.1) is 10.9 Å². The number of nitrogens with zero attached hydrogens (tertiary/aromatic N) is 4. The topological polar surface area (TPSA) is 110 Å². The highest BCUT2D eigenvalue weighted by atomic mass is 16.5. The molecule has 32 heavy (non-hydrogen) atoms. The van der Waals surface area contributed by atoms with E-state index >= 15 is 0 Å². The van der Waals surface area contributed by atoms with Crippen LogP contribution in [0.15, 0.2) is 41.5 Å². The lowest BCUT2D eigenvalue weighted by molar-refractivity contribution is 0.0888. The molecule has 0 aromatic carbocycles. The lowest BCUT2D eigenvalue weighted by Gasteiger charge is -2.29. The van der Waals surface area contributed by atoms with Gasteiger partial charge in [-0.1, -0.05) is 0 Å². The number of hydrogen-bond donors (Lipinski definition) is 1. The number of amides is 1. The van der Waals surface area contributed by atoms with E-state index in [1.807, 2.05) is 24.5 Å². The van der Waals surface area contributed by atoms with Crippen LogP contribution in [-0.4, -0.2) is 32.6 Å². The summed E-state index contributed by atoms with van der Waals surface area (Å²) in [7, 11) is 0. The third kappa shape index (κ3) is 4.47. The first-order valence-corrected chi connectivity index (χ1v) is 10.8. The zero-order valence-electron chi connectivity index (χ0n) is 18.2. The fraction of sp³-hybridized carbons (Fsp3) is 0.375. The van der Waals surface area contributed by atoms with E-state index in [2.05, 4.69) is 15.3 Å². The fourth-order valence-corrected chi connectivity index (χ4v) is 4.04. The number of aromatic nitrogens is 3. The van der Waals surface area contributed by atoms with Crippen molar-refractivity contribution in [1.82, 2.24) is 19.9 Å². The average Bonchev–Trinajstić information content (AvgIpc) is 2.81. The minimum atomic E-state index is -0.349. The molecule has 0 atom stereocenters. The van der Waals surface area contributed by atoms with E-state index in [4.69, 9.17) is 10.00 Å². The Balaban J connectivity index is 1.41. The number of nitriles is 1. The molecule has 1 saturated carbocycles. The number of carbonyl (C=O) groups is 1. The summed E-state index contributed by atoms with van der Waals surface area (Å²) in [6, 6.07) is 8.92. The van der Waals surface area contributed by atoms with Gasteiger partial charge in [-0.3, -0.25) is 9.59 Å². The van der Waals surface area contributed by atoms with Gasteiger partial charge in [-0.2, -0.15) is 5.26 Å². The predicted molar refractivity (Wildman–Crippen MR) is 120 cm³/mol. The average molecular weight is 431 g/mol. The number of aryl methyl sites for hydroxylation is 2. The Morgan fingerprint density at radius 2 is 2.03 bits per heavy atom. The largest absolute Gasteiger partial charge is 0.474 e. The van der Waals surface area contributed by atoms with Gasteiger partial charge < -0.3 is 14.6 Å². The Morgan fingerprint density at radius 3 is 2.69 bits per heavy atom. The van der Waals surface area contributed by atoms with E-state index in [1.165, 1.54) is 6.20 Å². The van der Waals surface area contributed by atoms with E-state index in [0.717, 1.165) is 31.4 Å². The maximum absolute atomic E-state index is 12.9. The molecule has 0 unspecified atom stereocenters. The van der Waals surface area contributed by atoms with Gasteiger partial charge in [-0.15, -0.1) is 0 Å². The summed E-state index contributed by atoms with van der Waals surface area (Å²) in [4.78, 5) is 34.5.